The number of carbonyl (C=O) groups excluding carboxylic acids is 1. The largest absolute Gasteiger partial charge is 0.383 e. The second kappa shape index (κ2) is 4.96. The van der Waals surface area contributed by atoms with Crippen LogP contribution in [0.25, 0.3) is 0 Å². The molecule has 0 aromatic rings. The molecule has 1 amide bonds. The fraction of sp³-hybridized carbons (Fsp3) is 0.875. The molecule has 1 aliphatic heterocycles. The van der Waals surface area contributed by atoms with Crippen molar-refractivity contribution in [2.75, 3.05) is 26.2 Å². The van der Waals surface area contributed by atoms with E-state index >= 15 is 0 Å². The summed E-state index contributed by atoms with van der Waals surface area (Å²) in [5.74, 6) is -6.51. The zero-order valence-electron chi connectivity index (χ0n) is 8.34. The number of nitrogens with two attached hydrogens (primary N) is 1. The van der Waals surface area contributed by atoms with Gasteiger partial charge in [-0.3, -0.25) is 4.79 Å². The van der Waals surface area contributed by atoms with Crippen molar-refractivity contribution in [2.45, 2.75) is 18.5 Å². The van der Waals surface area contributed by atoms with Crippen molar-refractivity contribution >= 4 is 5.91 Å². The van der Waals surface area contributed by atoms with Gasteiger partial charge in [-0.05, 0) is 0 Å². The quantitative estimate of drug-likeness (QED) is 0.715. The first kappa shape index (κ1) is 13.2. The van der Waals surface area contributed by atoms with Crippen LogP contribution in [0.2, 0.25) is 0 Å². The first-order valence-corrected chi connectivity index (χ1v) is 4.66. The van der Waals surface area contributed by atoms with Gasteiger partial charge in [0.15, 0.2) is 0 Å². The molecule has 94 valence electrons. The van der Waals surface area contributed by atoms with E-state index in [9.17, 15) is 22.4 Å². The zero-order valence-corrected chi connectivity index (χ0v) is 8.34. The minimum absolute atomic E-state index is 0.0208. The monoisotopic (exact) mass is 244 g/mol. The number of hydrogen-bond acceptors (Lipinski definition) is 3. The molecule has 8 heteroatoms. The molecule has 1 aliphatic rings. The number of ether oxygens (including phenoxy) is 1. The van der Waals surface area contributed by atoms with Crippen molar-refractivity contribution in [3.63, 3.8) is 0 Å². The number of carbonyl (C=O) groups is 1. The van der Waals surface area contributed by atoms with Gasteiger partial charge in [0, 0.05) is 19.6 Å². The van der Waals surface area contributed by atoms with Crippen LogP contribution in [0.5, 0.6) is 0 Å². The standard InChI is InChI=1S/C8H12F4N2O2/c9-6(10)8(11,12)7(15)14-1-2-16-5(3-13)4-14/h5-6H,1-4,13H2. The molecule has 16 heavy (non-hydrogen) atoms. The van der Waals surface area contributed by atoms with Crippen LogP contribution < -0.4 is 5.73 Å². The number of hydrogen-bond donors (Lipinski definition) is 1. The van der Waals surface area contributed by atoms with E-state index in [1.807, 2.05) is 0 Å². The highest BCUT2D eigenvalue weighted by atomic mass is 19.3. The maximum absolute atomic E-state index is 12.7. The first-order chi connectivity index (χ1) is 7.39. The second-order valence-electron chi connectivity index (χ2n) is 3.40. The lowest BCUT2D eigenvalue weighted by molar-refractivity contribution is -0.186. The molecule has 0 aromatic carbocycles. The van der Waals surface area contributed by atoms with E-state index in [-0.39, 0.29) is 26.2 Å². The Hall–Kier alpha value is -0.890. The Balaban J connectivity index is 2.66. The average molecular weight is 244 g/mol. The number of halogens is 4. The SMILES string of the molecule is NCC1CN(C(=O)C(F)(F)C(F)F)CCO1. The maximum atomic E-state index is 12.7. The molecule has 0 aromatic heterocycles. The van der Waals surface area contributed by atoms with Crippen molar-refractivity contribution in [3.05, 3.63) is 0 Å². The van der Waals surface area contributed by atoms with Gasteiger partial charge in [0.05, 0.1) is 12.7 Å². The van der Waals surface area contributed by atoms with Crippen LogP contribution in [0.4, 0.5) is 17.6 Å². The topological polar surface area (TPSA) is 55.6 Å². The Bertz CT molecular complexity index is 262. The molecule has 0 spiro atoms. The lowest BCUT2D eigenvalue weighted by Crippen LogP contribution is -2.54. The summed E-state index contributed by atoms with van der Waals surface area (Å²) in [6.07, 6.45) is -4.58. The third kappa shape index (κ3) is 2.62. The summed E-state index contributed by atoms with van der Waals surface area (Å²) < 4.78 is 54.4. The van der Waals surface area contributed by atoms with Crippen molar-refractivity contribution in [1.82, 2.24) is 4.90 Å². The van der Waals surface area contributed by atoms with Gasteiger partial charge in [-0.2, -0.15) is 8.78 Å². The Morgan fingerprint density at radius 2 is 2.19 bits per heavy atom. The summed E-state index contributed by atoms with van der Waals surface area (Å²) in [6, 6.07) is 0. The van der Waals surface area contributed by atoms with Crippen LogP contribution >= 0.6 is 0 Å². The summed E-state index contributed by atoms with van der Waals surface area (Å²) in [5, 5.41) is 0. The third-order valence-corrected chi connectivity index (χ3v) is 2.25. The molecule has 1 rings (SSSR count). The van der Waals surface area contributed by atoms with Gasteiger partial charge in [0.25, 0.3) is 5.91 Å². The third-order valence-electron chi connectivity index (χ3n) is 2.25. The Morgan fingerprint density at radius 1 is 1.56 bits per heavy atom. The molecule has 1 atom stereocenters. The van der Waals surface area contributed by atoms with Crippen molar-refractivity contribution in [3.8, 4) is 0 Å². The summed E-state index contributed by atoms with van der Waals surface area (Å²) in [4.78, 5) is 11.8. The fourth-order valence-electron chi connectivity index (χ4n) is 1.35. The highest BCUT2D eigenvalue weighted by Crippen LogP contribution is 2.26. The maximum Gasteiger partial charge on any atom is 0.383 e. The molecular weight excluding hydrogens is 232 g/mol. The normalized spacial score (nSPS) is 22.6. The number of nitrogens with zero attached hydrogens (tertiary/aromatic N) is 1. The summed E-state index contributed by atoms with van der Waals surface area (Å²) in [6.45, 7) is -0.244. The molecule has 0 saturated carbocycles. The van der Waals surface area contributed by atoms with E-state index in [4.69, 9.17) is 10.5 Å². The number of morpholine rings is 1. The minimum Gasteiger partial charge on any atom is -0.373 e. The lowest BCUT2D eigenvalue weighted by atomic mass is 10.2. The van der Waals surface area contributed by atoms with Gasteiger partial charge in [-0.15, -0.1) is 0 Å². The van der Waals surface area contributed by atoms with Crippen molar-refractivity contribution in [2.24, 2.45) is 5.73 Å². The van der Waals surface area contributed by atoms with Gasteiger partial charge in [-0.25, -0.2) is 8.78 Å². The molecule has 2 N–H and O–H groups in total. The van der Waals surface area contributed by atoms with E-state index in [2.05, 4.69) is 0 Å². The second-order valence-corrected chi connectivity index (χ2v) is 3.40. The number of alkyl halides is 4. The number of amides is 1. The smallest absolute Gasteiger partial charge is 0.373 e. The summed E-state index contributed by atoms with van der Waals surface area (Å²) >= 11 is 0. The van der Waals surface area contributed by atoms with Crippen LogP contribution in [0.15, 0.2) is 0 Å². The fourth-order valence-corrected chi connectivity index (χ4v) is 1.35. The van der Waals surface area contributed by atoms with Crippen LogP contribution in [-0.4, -0.2) is 55.5 Å². The van der Waals surface area contributed by atoms with Crippen LogP contribution in [0, 0.1) is 0 Å². The Labute approximate surface area is 89.3 Å². The number of rotatable bonds is 3. The summed E-state index contributed by atoms with van der Waals surface area (Å²) in [5.41, 5.74) is 5.24. The molecule has 0 bridgehead atoms. The predicted molar refractivity (Wildman–Crippen MR) is 46.3 cm³/mol. The first-order valence-electron chi connectivity index (χ1n) is 4.66. The van der Waals surface area contributed by atoms with Crippen molar-refractivity contribution in [1.29, 1.82) is 0 Å². The van der Waals surface area contributed by atoms with E-state index in [0.717, 1.165) is 0 Å². The minimum atomic E-state index is -4.64. The molecule has 4 nitrogen and oxygen atoms in total. The van der Waals surface area contributed by atoms with Gasteiger partial charge in [0.2, 0.25) is 0 Å². The predicted octanol–water partition coefficient (Wildman–Crippen LogP) is 0.0729. The van der Waals surface area contributed by atoms with Gasteiger partial charge in [-0.1, -0.05) is 0 Å². The highest BCUT2D eigenvalue weighted by Gasteiger charge is 2.51. The van der Waals surface area contributed by atoms with Crippen LogP contribution in [0.3, 0.4) is 0 Å². The van der Waals surface area contributed by atoms with E-state index in [0.29, 0.717) is 4.90 Å². The highest BCUT2D eigenvalue weighted by molar-refractivity contribution is 5.84. The van der Waals surface area contributed by atoms with Gasteiger partial charge in [0.1, 0.15) is 0 Å². The Morgan fingerprint density at radius 3 is 2.69 bits per heavy atom. The average Bonchev–Trinajstić information content (AvgIpc) is 2.27. The molecule has 0 aliphatic carbocycles. The Kier molecular flexibility index (Phi) is 4.09. The molecule has 1 saturated heterocycles. The summed E-state index contributed by atoms with van der Waals surface area (Å²) in [7, 11) is 0. The molecule has 1 unspecified atom stereocenters. The molecular formula is C8H12F4N2O2. The zero-order chi connectivity index (χ0) is 12.3. The van der Waals surface area contributed by atoms with E-state index in [1.54, 1.807) is 0 Å². The molecule has 1 fully saturated rings. The van der Waals surface area contributed by atoms with Crippen LogP contribution in [0.1, 0.15) is 0 Å². The van der Waals surface area contributed by atoms with Crippen molar-refractivity contribution < 1.29 is 27.1 Å². The van der Waals surface area contributed by atoms with Crippen LogP contribution in [-0.2, 0) is 9.53 Å². The van der Waals surface area contributed by atoms with Gasteiger partial charge >= 0.3 is 12.3 Å². The van der Waals surface area contributed by atoms with Gasteiger partial charge < -0.3 is 15.4 Å². The molecule has 0 radical (unpaired) electrons. The molecule has 1 heterocycles. The van der Waals surface area contributed by atoms with E-state index in [1.165, 1.54) is 0 Å². The van der Waals surface area contributed by atoms with E-state index < -0.39 is 24.4 Å². The lowest BCUT2D eigenvalue weighted by Gasteiger charge is -2.34.